The van der Waals surface area contributed by atoms with Gasteiger partial charge in [-0.25, -0.2) is 0 Å². The maximum Gasteiger partial charge on any atom is 0.0244 e. The predicted octanol–water partition coefficient (Wildman–Crippen LogP) is 2.65. The molecule has 1 N–H and O–H groups in total. The maximum absolute atomic E-state index is 3.72. The molecule has 0 radical (unpaired) electrons. The van der Waals surface area contributed by atoms with Crippen LogP contribution in [0.1, 0.15) is 32.3 Å². The van der Waals surface area contributed by atoms with Crippen molar-refractivity contribution in [3.05, 3.63) is 35.9 Å². The second-order valence-corrected chi connectivity index (χ2v) is 7.12. The lowest BCUT2D eigenvalue weighted by molar-refractivity contribution is 0.0876. The van der Waals surface area contributed by atoms with Crippen LogP contribution < -0.4 is 5.32 Å². The van der Waals surface area contributed by atoms with Crippen molar-refractivity contribution >= 4 is 0 Å². The first-order chi connectivity index (χ1) is 10.6. The highest BCUT2D eigenvalue weighted by molar-refractivity contribution is 5.18. The largest absolute Gasteiger partial charge is 0.315 e. The molecule has 1 fully saturated rings. The second kappa shape index (κ2) is 8.66. The molecule has 0 saturated carbocycles. The minimum Gasteiger partial charge on any atom is -0.315 e. The number of hydrogen-bond donors (Lipinski definition) is 1. The molecule has 2 rings (SSSR count). The van der Waals surface area contributed by atoms with Crippen molar-refractivity contribution < 1.29 is 0 Å². The molecule has 124 valence electrons. The van der Waals surface area contributed by atoms with E-state index in [4.69, 9.17) is 0 Å². The summed E-state index contributed by atoms with van der Waals surface area (Å²) in [6.07, 6.45) is 0. The fourth-order valence-electron chi connectivity index (χ4n) is 3.29. The fraction of sp³-hybridized carbons (Fsp3) is 0.684. The number of nitrogens with one attached hydrogen (secondary N) is 1. The number of benzene rings is 1. The van der Waals surface area contributed by atoms with E-state index in [0.717, 1.165) is 13.1 Å². The van der Waals surface area contributed by atoms with Crippen LogP contribution in [0, 0.1) is 5.92 Å². The Labute approximate surface area is 136 Å². The van der Waals surface area contributed by atoms with Crippen LogP contribution in [0.25, 0.3) is 0 Å². The van der Waals surface area contributed by atoms with E-state index >= 15 is 0 Å². The van der Waals surface area contributed by atoms with Crippen molar-refractivity contribution in [2.24, 2.45) is 5.92 Å². The summed E-state index contributed by atoms with van der Waals surface area (Å²) in [5, 5.41) is 3.72. The summed E-state index contributed by atoms with van der Waals surface area (Å²) >= 11 is 0. The van der Waals surface area contributed by atoms with Crippen LogP contribution in [-0.4, -0.2) is 62.2 Å². The zero-order valence-electron chi connectivity index (χ0n) is 14.8. The van der Waals surface area contributed by atoms with Gasteiger partial charge in [0.2, 0.25) is 0 Å². The normalized spacial score (nSPS) is 20.2. The Kier molecular flexibility index (Phi) is 6.87. The van der Waals surface area contributed by atoms with Crippen molar-refractivity contribution in [2.45, 2.75) is 32.7 Å². The molecular weight excluding hydrogens is 270 g/mol. The maximum atomic E-state index is 3.72. The van der Waals surface area contributed by atoms with Crippen LogP contribution in [0.15, 0.2) is 30.3 Å². The Morgan fingerprint density at radius 1 is 0.955 bits per heavy atom. The van der Waals surface area contributed by atoms with E-state index in [1.165, 1.54) is 31.7 Å². The van der Waals surface area contributed by atoms with E-state index < -0.39 is 0 Å². The van der Waals surface area contributed by atoms with E-state index in [1.54, 1.807) is 0 Å². The summed E-state index contributed by atoms with van der Waals surface area (Å²) in [6.45, 7) is 14.0. The van der Waals surface area contributed by atoms with Crippen molar-refractivity contribution in [3.63, 3.8) is 0 Å². The molecule has 0 aromatic heterocycles. The van der Waals surface area contributed by atoms with Gasteiger partial charge in [0.1, 0.15) is 0 Å². The van der Waals surface area contributed by atoms with Crippen LogP contribution in [-0.2, 0) is 0 Å². The molecule has 1 aromatic rings. The first kappa shape index (κ1) is 17.5. The Morgan fingerprint density at radius 2 is 1.59 bits per heavy atom. The number of rotatable bonds is 7. The van der Waals surface area contributed by atoms with Crippen molar-refractivity contribution in [2.75, 3.05) is 46.3 Å². The second-order valence-electron chi connectivity index (χ2n) is 7.12. The molecule has 2 unspecified atom stereocenters. The first-order valence-corrected chi connectivity index (χ1v) is 8.76. The van der Waals surface area contributed by atoms with Crippen LogP contribution in [0.2, 0.25) is 0 Å². The summed E-state index contributed by atoms with van der Waals surface area (Å²) < 4.78 is 0. The Balaban J connectivity index is 1.79. The van der Waals surface area contributed by atoms with Gasteiger partial charge in [-0.05, 0) is 24.4 Å². The molecule has 1 saturated heterocycles. The highest BCUT2D eigenvalue weighted by atomic mass is 15.3. The fourth-order valence-corrected chi connectivity index (χ4v) is 3.29. The summed E-state index contributed by atoms with van der Waals surface area (Å²) in [7, 11) is 2.22. The molecule has 2 atom stereocenters. The quantitative estimate of drug-likeness (QED) is 0.835. The minimum atomic E-state index is 0.571. The molecule has 0 aliphatic carbocycles. The van der Waals surface area contributed by atoms with Gasteiger partial charge in [-0.3, -0.25) is 4.90 Å². The zero-order chi connectivity index (χ0) is 15.9. The third-order valence-corrected chi connectivity index (χ3v) is 4.95. The van der Waals surface area contributed by atoms with E-state index in [-0.39, 0.29) is 0 Å². The molecule has 0 bridgehead atoms. The highest BCUT2D eigenvalue weighted by Crippen LogP contribution is 2.15. The number of piperazine rings is 1. The molecule has 0 amide bonds. The third kappa shape index (κ3) is 5.08. The van der Waals surface area contributed by atoms with Crippen LogP contribution in [0.5, 0.6) is 0 Å². The zero-order valence-corrected chi connectivity index (χ0v) is 14.8. The molecule has 1 aliphatic rings. The van der Waals surface area contributed by atoms with E-state index in [9.17, 15) is 0 Å². The van der Waals surface area contributed by atoms with Gasteiger partial charge >= 0.3 is 0 Å². The van der Waals surface area contributed by atoms with Crippen LogP contribution >= 0.6 is 0 Å². The minimum absolute atomic E-state index is 0.571. The van der Waals surface area contributed by atoms with Gasteiger partial charge in [-0.2, -0.15) is 0 Å². The predicted molar refractivity (Wildman–Crippen MR) is 95.4 cm³/mol. The lowest BCUT2D eigenvalue weighted by Crippen LogP contribution is -2.53. The molecule has 1 aliphatic heterocycles. The highest BCUT2D eigenvalue weighted by Gasteiger charge is 2.24. The molecule has 1 heterocycles. The third-order valence-electron chi connectivity index (χ3n) is 4.95. The smallest absolute Gasteiger partial charge is 0.0244 e. The van der Waals surface area contributed by atoms with Crippen molar-refractivity contribution in [1.82, 2.24) is 15.1 Å². The average Bonchev–Trinajstić information content (AvgIpc) is 2.53. The monoisotopic (exact) mass is 303 g/mol. The number of hydrogen-bond acceptors (Lipinski definition) is 3. The van der Waals surface area contributed by atoms with Crippen molar-refractivity contribution in [1.29, 1.82) is 0 Å². The Hall–Kier alpha value is -0.900. The van der Waals surface area contributed by atoms with Crippen LogP contribution in [0.4, 0.5) is 0 Å². The molecular formula is C19H33N3. The molecule has 1 aromatic carbocycles. The number of likely N-dealkylation sites (N-methyl/N-ethyl adjacent to an activating group) is 1. The summed E-state index contributed by atoms with van der Waals surface area (Å²) in [5.74, 6) is 1.27. The summed E-state index contributed by atoms with van der Waals surface area (Å²) in [5.41, 5.74) is 1.43. The summed E-state index contributed by atoms with van der Waals surface area (Å²) in [6, 6.07) is 11.5. The Morgan fingerprint density at radius 3 is 2.18 bits per heavy atom. The lowest BCUT2D eigenvalue weighted by atomic mass is 9.99. The van der Waals surface area contributed by atoms with Gasteiger partial charge in [0.25, 0.3) is 0 Å². The Bertz CT molecular complexity index is 410. The molecule has 0 spiro atoms. The lowest BCUT2D eigenvalue weighted by Gasteiger charge is -2.40. The van der Waals surface area contributed by atoms with Crippen molar-refractivity contribution in [3.8, 4) is 0 Å². The SMILES string of the molecule is CC(CNCC(C(C)C)N1CCN(C)CC1)c1ccccc1. The van der Waals surface area contributed by atoms with E-state index in [1.807, 2.05) is 0 Å². The van der Waals surface area contributed by atoms with Gasteiger partial charge in [0.15, 0.2) is 0 Å². The topological polar surface area (TPSA) is 18.5 Å². The van der Waals surface area contributed by atoms with E-state index in [2.05, 4.69) is 73.3 Å². The van der Waals surface area contributed by atoms with Gasteiger partial charge in [-0.15, -0.1) is 0 Å². The standard InChI is InChI=1S/C19H33N3/c1-16(2)19(22-12-10-21(4)11-13-22)15-20-14-17(3)18-8-6-5-7-9-18/h5-9,16-17,19-20H,10-15H2,1-4H3. The first-order valence-electron chi connectivity index (χ1n) is 8.76. The molecule has 22 heavy (non-hydrogen) atoms. The molecule has 3 heteroatoms. The van der Waals surface area contributed by atoms with Crippen LogP contribution in [0.3, 0.4) is 0 Å². The van der Waals surface area contributed by atoms with Gasteiger partial charge < -0.3 is 10.2 Å². The average molecular weight is 303 g/mol. The van der Waals surface area contributed by atoms with Gasteiger partial charge in [0, 0.05) is 45.3 Å². The molecule has 3 nitrogen and oxygen atoms in total. The van der Waals surface area contributed by atoms with Gasteiger partial charge in [0.05, 0.1) is 0 Å². The summed E-state index contributed by atoms with van der Waals surface area (Å²) in [4.78, 5) is 5.10. The number of nitrogens with zero attached hydrogens (tertiary/aromatic N) is 2. The van der Waals surface area contributed by atoms with Gasteiger partial charge in [-0.1, -0.05) is 51.1 Å². The van der Waals surface area contributed by atoms with E-state index in [0.29, 0.717) is 17.9 Å².